The molecule has 96 valence electrons. The molecule has 1 aliphatic carbocycles. The van der Waals surface area contributed by atoms with E-state index in [1.165, 1.54) is 0 Å². The first-order chi connectivity index (χ1) is 7.99. The molecular formula is C13H22N2O2. The zero-order valence-corrected chi connectivity index (χ0v) is 10.9. The van der Waals surface area contributed by atoms with E-state index in [2.05, 4.69) is 19.2 Å². The lowest BCUT2D eigenvalue weighted by molar-refractivity contribution is -0.148. The molecule has 1 heterocycles. The molecule has 0 aromatic rings. The zero-order chi connectivity index (χ0) is 12.6. The van der Waals surface area contributed by atoms with Crippen LogP contribution < -0.4 is 5.32 Å². The van der Waals surface area contributed by atoms with Crippen LogP contribution in [0.25, 0.3) is 0 Å². The van der Waals surface area contributed by atoms with Crippen molar-refractivity contribution in [3.63, 3.8) is 0 Å². The molecule has 0 spiro atoms. The summed E-state index contributed by atoms with van der Waals surface area (Å²) in [5.74, 6) is 1.30. The second kappa shape index (κ2) is 4.67. The minimum Gasteiger partial charge on any atom is -0.343 e. The van der Waals surface area contributed by atoms with Crippen molar-refractivity contribution in [2.45, 2.75) is 52.1 Å². The fraction of sp³-hybridized carbons (Fsp3) is 0.846. The van der Waals surface area contributed by atoms with Gasteiger partial charge in [0.1, 0.15) is 6.04 Å². The summed E-state index contributed by atoms with van der Waals surface area (Å²) in [6.45, 7) is 6.47. The summed E-state index contributed by atoms with van der Waals surface area (Å²) < 4.78 is 0. The summed E-state index contributed by atoms with van der Waals surface area (Å²) in [6.07, 6.45) is 3.35. The van der Waals surface area contributed by atoms with Crippen molar-refractivity contribution < 1.29 is 9.59 Å². The first-order valence-corrected chi connectivity index (χ1v) is 6.59. The molecule has 0 bridgehead atoms. The minimum atomic E-state index is -0.359. The Kier molecular flexibility index (Phi) is 3.40. The Morgan fingerprint density at radius 2 is 1.88 bits per heavy atom. The second-order valence-corrected chi connectivity index (χ2v) is 5.72. The Hall–Kier alpha value is -1.06. The van der Waals surface area contributed by atoms with E-state index in [4.69, 9.17) is 0 Å². The van der Waals surface area contributed by atoms with Gasteiger partial charge in [0.15, 0.2) is 0 Å². The maximum Gasteiger partial charge on any atom is 0.245 e. The largest absolute Gasteiger partial charge is 0.343 e. The number of amides is 2. The molecule has 0 aromatic heterocycles. The summed E-state index contributed by atoms with van der Waals surface area (Å²) >= 11 is 0. The Labute approximate surface area is 103 Å². The van der Waals surface area contributed by atoms with E-state index < -0.39 is 0 Å². The van der Waals surface area contributed by atoms with E-state index in [1.54, 1.807) is 11.8 Å². The quantitative estimate of drug-likeness (QED) is 0.745. The third-order valence-electron chi connectivity index (χ3n) is 4.13. The molecule has 1 N–H and O–H groups in total. The summed E-state index contributed by atoms with van der Waals surface area (Å²) in [5.41, 5.74) is 0. The summed E-state index contributed by atoms with van der Waals surface area (Å²) in [7, 11) is 0. The van der Waals surface area contributed by atoms with Crippen LogP contribution >= 0.6 is 0 Å². The Bertz CT molecular complexity index is 329. The maximum absolute atomic E-state index is 12.1. The first kappa shape index (κ1) is 12.4. The van der Waals surface area contributed by atoms with Gasteiger partial charge in [0.05, 0.1) is 6.54 Å². The molecule has 17 heavy (non-hydrogen) atoms. The Balaban J connectivity index is 2.10. The van der Waals surface area contributed by atoms with Gasteiger partial charge in [-0.05, 0) is 38.0 Å². The van der Waals surface area contributed by atoms with Crippen LogP contribution in [0.3, 0.4) is 0 Å². The van der Waals surface area contributed by atoms with Gasteiger partial charge in [-0.3, -0.25) is 9.59 Å². The van der Waals surface area contributed by atoms with Crippen molar-refractivity contribution in [3.8, 4) is 0 Å². The summed E-state index contributed by atoms with van der Waals surface area (Å²) in [6, 6.07) is -0.102. The molecule has 2 fully saturated rings. The number of carbonyl (C=O) groups is 2. The molecule has 2 rings (SSSR count). The van der Waals surface area contributed by atoms with Crippen LogP contribution in [0.2, 0.25) is 0 Å². The van der Waals surface area contributed by atoms with Gasteiger partial charge < -0.3 is 10.2 Å². The molecule has 4 unspecified atom stereocenters. The van der Waals surface area contributed by atoms with Gasteiger partial charge in [-0.15, -0.1) is 0 Å². The average molecular weight is 238 g/mol. The monoisotopic (exact) mass is 238 g/mol. The van der Waals surface area contributed by atoms with Gasteiger partial charge in [-0.2, -0.15) is 0 Å². The normalized spacial score (nSPS) is 39.1. The number of nitrogens with zero attached hydrogens (tertiary/aromatic N) is 1. The second-order valence-electron chi connectivity index (χ2n) is 5.72. The van der Waals surface area contributed by atoms with Gasteiger partial charge >= 0.3 is 0 Å². The number of carbonyl (C=O) groups excluding carboxylic acids is 2. The predicted molar refractivity (Wildman–Crippen MR) is 65.3 cm³/mol. The number of rotatable bonds is 1. The van der Waals surface area contributed by atoms with Crippen molar-refractivity contribution >= 4 is 11.8 Å². The van der Waals surface area contributed by atoms with Crippen LogP contribution in [0.5, 0.6) is 0 Å². The fourth-order valence-corrected chi connectivity index (χ4v) is 3.22. The molecular weight excluding hydrogens is 216 g/mol. The predicted octanol–water partition coefficient (Wildman–Crippen LogP) is 1.16. The van der Waals surface area contributed by atoms with Crippen molar-refractivity contribution in [2.75, 3.05) is 6.54 Å². The molecule has 4 heteroatoms. The average Bonchev–Trinajstić information content (AvgIpc) is 2.24. The number of piperazine rings is 1. The van der Waals surface area contributed by atoms with Crippen LogP contribution in [0.4, 0.5) is 0 Å². The fourth-order valence-electron chi connectivity index (χ4n) is 3.22. The van der Waals surface area contributed by atoms with Gasteiger partial charge in [0.25, 0.3) is 0 Å². The van der Waals surface area contributed by atoms with E-state index in [9.17, 15) is 9.59 Å². The highest BCUT2D eigenvalue weighted by molar-refractivity contribution is 5.94. The maximum atomic E-state index is 12.1. The van der Waals surface area contributed by atoms with E-state index in [-0.39, 0.29) is 30.4 Å². The molecule has 4 atom stereocenters. The Morgan fingerprint density at radius 3 is 2.53 bits per heavy atom. The third kappa shape index (κ3) is 2.45. The molecule has 1 saturated heterocycles. The van der Waals surface area contributed by atoms with Gasteiger partial charge in [-0.25, -0.2) is 0 Å². The highest BCUT2D eigenvalue weighted by Crippen LogP contribution is 2.32. The molecule has 2 aliphatic rings. The third-order valence-corrected chi connectivity index (χ3v) is 4.13. The number of hydrogen-bond acceptors (Lipinski definition) is 2. The highest BCUT2D eigenvalue weighted by atomic mass is 16.2. The van der Waals surface area contributed by atoms with Gasteiger partial charge in [0.2, 0.25) is 11.8 Å². The van der Waals surface area contributed by atoms with Crippen LogP contribution in [-0.2, 0) is 9.59 Å². The zero-order valence-electron chi connectivity index (χ0n) is 10.9. The van der Waals surface area contributed by atoms with Gasteiger partial charge in [-0.1, -0.05) is 13.8 Å². The molecule has 1 aliphatic heterocycles. The SMILES string of the molecule is CC1CCC(N2CC(=O)NC(C)C2=O)C(C)C1. The smallest absolute Gasteiger partial charge is 0.245 e. The molecule has 2 amide bonds. The minimum absolute atomic E-state index is 0.0251. The van der Waals surface area contributed by atoms with Crippen molar-refractivity contribution in [1.82, 2.24) is 10.2 Å². The molecule has 0 radical (unpaired) electrons. The number of nitrogens with one attached hydrogen (secondary N) is 1. The van der Waals surface area contributed by atoms with Crippen molar-refractivity contribution in [3.05, 3.63) is 0 Å². The summed E-state index contributed by atoms with van der Waals surface area (Å²) in [4.78, 5) is 25.5. The van der Waals surface area contributed by atoms with Crippen LogP contribution in [0.15, 0.2) is 0 Å². The lowest BCUT2D eigenvalue weighted by atomic mass is 9.79. The molecule has 0 aromatic carbocycles. The van der Waals surface area contributed by atoms with Crippen molar-refractivity contribution in [1.29, 1.82) is 0 Å². The highest BCUT2D eigenvalue weighted by Gasteiger charge is 2.38. The van der Waals surface area contributed by atoms with Crippen LogP contribution in [0, 0.1) is 11.8 Å². The Morgan fingerprint density at radius 1 is 1.18 bits per heavy atom. The van der Waals surface area contributed by atoms with Gasteiger partial charge in [0, 0.05) is 6.04 Å². The molecule has 4 nitrogen and oxygen atoms in total. The van der Waals surface area contributed by atoms with E-state index >= 15 is 0 Å². The topological polar surface area (TPSA) is 49.4 Å². The van der Waals surface area contributed by atoms with E-state index in [0.29, 0.717) is 5.92 Å². The first-order valence-electron chi connectivity index (χ1n) is 6.59. The number of hydrogen-bond donors (Lipinski definition) is 1. The van der Waals surface area contributed by atoms with Crippen LogP contribution in [0.1, 0.15) is 40.0 Å². The van der Waals surface area contributed by atoms with E-state index in [0.717, 1.165) is 25.2 Å². The molecule has 1 saturated carbocycles. The lowest BCUT2D eigenvalue weighted by Gasteiger charge is -2.43. The lowest BCUT2D eigenvalue weighted by Crippen LogP contribution is -2.61. The summed E-state index contributed by atoms with van der Waals surface area (Å²) in [5, 5.41) is 2.69. The van der Waals surface area contributed by atoms with E-state index in [1.807, 2.05) is 0 Å². The van der Waals surface area contributed by atoms with Crippen molar-refractivity contribution in [2.24, 2.45) is 11.8 Å². The van der Waals surface area contributed by atoms with Crippen LogP contribution in [-0.4, -0.2) is 35.3 Å². The standard InChI is InChI=1S/C13H22N2O2/c1-8-4-5-11(9(2)6-8)15-7-12(16)14-10(3)13(15)17/h8-11H,4-7H2,1-3H3,(H,14,16).